The molecule has 1 aliphatic heterocycles. The fraction of sp³-hybridized carbons (Fsp3) is 0.933. The predicted molar refractivity (Wildman–Crippen MR) is 78.1 cm³/mol. The zero-order chi connectivity index (χ0) is 13.7. The molecule has 1 amide bonds. The molecule has 1 unspecified atom stereocenters. The first-order valence-electron chi connectivity index (χ1n) is 7.80. The second-order valence-electron chi connectivity index (χ2n) is 6.73. The number of rotatable bonds is 3. The summed E-state index contributed by atoms with van der Waals surface area (Å²) in [6.45, 7) is 9.24. The van der Waals surface area contributed by atoms with Crippen molar-refractivity contribution in [3.8, 4) is 0 Å². The van der Waals surface area contributed by atoms with Crippen LogP contribution < -0.4 is 10.6 Å². The molecule has 0 radical (unpaired) electrons. The van der Waals surface area contributed by atoms with Gasteiger partial charge in [0.25, 0.3) is 0 Å². The Balaban J connectivity index is 1.79. The molecule has 0 aromatic carbocycles. The van der Waals surface area contributed by atoms with Crippen molar-refractivity contribution in [1.29, 1.82) is 0 Å². The van der Waals surface area contributed by atoms with Crippen molar-refractivity contribution in [3.63, 3.8) is 0 Å². The normalized spacial score (nSPS) is 28.6. The lowest BCUT2D eigenvalue weighted by molar-refractivity contribution is -0.124. The van der Waals surface area contributed by atoms with Gasteiger partial charge in [0.2, 0.25) is 5.91 Å². The van der Waals surface area contributed by atoms with Crippen LogP contribution in [0.1, 0.15) is 46.0 Å². The monoisotopic (exact) mass is 267 g/mol. The standard InChI is InChI=1S/C15H29N3O/c1-15(2)7-4-3-6-13(15)17-14(19)12-18-10-5-8-16-9-11-18/h13,16H,3-12H2,1-2H3,(H,17,19). The van der Waals surface area contributed by atoms with Crippen LogP contribution in [0.3, 0.4) is 0 Å². The van der Waals surface area contributed by atoms with Crippen LogP contribution in [0, 0.1) is 5.41 Å². The molecule has 0 aromatic rings. The van der Waals surface area contributed by atoms with Gasteiger partial charge in [-0.25, -0.2) is 0 Å². The van der Waals surface area contributed by atoms with Crippen LogP contribution in [0.25, 0.3) is 0 Å². The van der Waals surface area contributed by atoms with Crippen LogP contribution in [-0.2, 0) is 4.79 Å². The van der Waals surface area contributed by atoms with Crippen molar-refractivity contribution < 1.29 is 4.79 Å². The number of nitrogens with one attached hydrogen (secondary N) is 2. The molecule has 0 bridgehead atoms. The van der Waals surface area contributed by atoms with Crippen molar-refractivity contribution in [1.82, 2.24) is 15.5 Å². The molecule has 0 aromatic heterocycles. The molecule has 110 valence electrons. The van der Waals surface area contributed by atoms with Gasteiger partial charge in [-0.15, -0.1) is 0 Å². The summed E-state index contributed by atoms with van der Waals surface area (Å²) in [5.41, 5.74) is 0.258. The first kappa shape index (κ1) is 14.8. The molecule has 2 aliphatic rings. The zero-order valence-electron chi connectivity index (χ0n) is 12.5. The molecule has 2 rings (SSSR count). The van der Waals surface area contributed by atoms with Gasteiger partial charge in [0.15, 0.2) is 0 Å². The summed E-state index contributed by atoms with van der Waals surface area (Å²) < 4.78 is 0. The molecule has 4 heteroatoms. The highest BCUT2D eigenvalue weighted by molar-refractivity contribution is 5.78. The molecule has 1 saturated carbocycles. The minimum Gasteiger partial charge on any atom is -0.352 e. The van der Waals surface area contributed by atoms with Crippen LogP contribution in [0.4, 0.5) is 0 Å². The van der Waals surface area contributed by atoms with Gasteiger partial charge in [-0.1, -0.05) is 26.7 Å². The fourth-order valence-corrected chi connectivity index (χ4v) is 3.26. The smallest absolute Gasteiger partial charge is 0.234 e. The third-order valence-corrected chi connectivity index (χ3v) is 4.64. The van der Waals surface area contributed by atoms with Crippen molar-refractivity contribution in [2.45, 2.75) is 52.0 Å². The number of amides is 1. The van der Waals surface area contributed by atoms with E-state index in [1.807, 2.05) is 0 Å². The number of nitrogens with zero attached hydrogens (tertiary/aromatic N) is 1. The SMILES string of the molecule is CC1(C)CCCCC1NC(=O)CN1CCCNCC1. The summed E-state index contributed by atoms with van der Waals surface area (Å²) >= 11 is 0. The third-order valence-electron chi connectivity index (χ3n) is 4.64. The Labute approximate surface area is 117 Å². The summed E-state index contributed by atoms with van der Waals surface area (Å²) in [7, 11) is 0. The lowest BCUT2D eigenvalue weighted by Gasteiger charge is -2.39. The van der Waals surface area contributed by atoms with Crippen LogP contribution in [0.2, 0.25) is 0 Å². The van der Waals surface area contributed by atoms with E-state index in [9.17, 15) is 4.79 Å². The van der Waals surface area contributed by atoms with Crippen molar-refractivity contribution >= 4 is 5.91 Å². The molecule has 1 heterocycles. The highest BCUT2D eigenvalue weighted by Crippen LogP contribution is 2.35. The van der Waals surface area contributed by atoms with E-state index in [1.165, 1.54) is 19.3 Å². The third kappa shape index (κ3) is 4.46. The van der Waals surface area contributed by atoms with Gasteiger partial charge in [-0.05, 0) is 37.8 Å². The molecule has 2 N–H and O–H groups in total. The Bertz CT molecular complexity index is 296. The summed E-state index contributed by atoms with van der Waals surface area (Å²) in [5.74, 6) is 0.210. The van der Waals surface area contributed by atoms with E-state index in [4.69, 9.17) is 0 Å². The lowest BCUT2D eigenvalue weighted by atomic mass is 9.73. The first-order valence-corrected chi connectivity index (χ1v) is 7.80. The molecular formula is C15H29N3O. The van der Waals surface area contributed by atoms with Gasteiger partial charge in [0.1, 0.15) is 0 Å². The van der Waals surface area contributed by atoms with E-state index in [-0.39, 0.29) is 11.3 Å². The number of carbonyl (C=O) groups excluding carboxylic acids is 1. The Morgan fingerprint density at radius 1 is 1.26 bits per heavy atom. The van der Waals surface area contributed by atoms with Gasteiger partial charge in [-0.3, -0.25) is 9.69 Å². The van der Waals surface area contributed by atoms with Crippen molar-refractivity contribution in [2.24, 2.45) is 5.41 Å². The van der Waals surface area contributed by atoms with Crippen LogP contribution in [0.15, 0.2) is 0 Å². The number of hydrogen-bond acceptors (Lipinski definition) is 3. The van der Waals surface area contributed by atoms with Crippen LogP contribution in [-0.4, -0.2) is 49.6 Å². The summed E-state index contributed by atoms with van der Waals surface area (Å²) in [4.78, 5) is 14.5. The molecule has 1 atom stereocenters. The second-order valence-corrected chi connectivity index (χ2v) is 6.73. The Kier molecular flexibility index (Phi) is 5.22. The summed E-state index contributed by atoms with van der Waals surface area (Å²) in [6, 6.07) is 0.360. The van der Waals surface area contributed by atoms with Crippen molar-refractivity contribution in [2.75, 3.05) is 32.7 Å². The lowest BCUT2D eigenvalue weighted by Crippen LogP contribution is -2.50. The minimum absolute atomic E-state index is 0.210. The maximum Gasteiger partial charge on any atom is 0.234 e. The molecule has 0 spiro atoms. The van der Waals surface area contributed by atoms with E-state index < -0.39 is 0 Å². The number of hydrogen-bond donors (Lipinski definition) is 2. The second kappa shape index (κ2) is 6.71. The van der Waals surface area contributed by atoms with Gasteiger partial charge < -0.3 is 10.6 Å². The molecule has 1 saturated heterocycles. The predicted octanol–water partition coefficient (Wildman–Crippen LogP) is 1.37. The van der Waals surface area contributed by atoms with E-state index >= 15 is 0 Å². The average Bonchev–Trinajstić information content (AvgIpc) is 2.60. The topological polar surface area (TPSA) is 44.4 Å². The van der Waals surface area contributed by atoms with E-state index in [0.29, 0.717) is 12.6 Å². The minimum atomic E-state index is 0.210. The van der Waals surface area contributed by atoms with Gasteiger partial charge in [-0.2, -0.15) is 0 Å². The van der Waals surface area contributed by atoms with Crippen LogP contribution in [0.5, 0.6) is 0 Å². The Morgan fingerprint density at radius 3 is 2.89 bits per heavy atom. The summed E-state index contributed by atoms with van der Waals surface area (Å²) in [5, 5.41) is 6.65. The molecule has 1 aliphatic carbocycles. The maximum atomic E-state index is 12.2. The summed E-state index contributed by atoms with van der Waals surface area (Å²) in [6.07, 6.45) is 6.06. The average molecular weight is 267 g/mol. The van der Waals surface area contributed by atoms with Crippen molar-refractivity contribution in [3.05, 3.63) is 0 Å². The fourth-order valence-electron chi connectivity index (χ4n) is 3.26. The van der Waals surface area contributed by atoms with E-state index in [1.54, 1.807) is 0 Å². The maximum absolute atomic E-state index is 12.2. The van der Waals surface area contributed by atoms with E-state index in [2.05, 4.69) is 29.4 Å². The van der Waals surface area contributed by atoms with Gasteiger partial charge >= 0.3 is 0 Å². The highest BCUT2D eigenvalue weighted by atomic mass is 16.2. The molecular weight excluding hydrogens is 238 g/mol. The molecule has 19 heavy (non-hydrogen) atoms. The Morgan fingerprint density at radius 2 is 2.11 bits per heavy atom. The first-order chi connectivity index (χ1) is 9.08. The van der Waals surface area contributed by atoms with Crippen LogP contribution >= 0.6 is 0 Å². The molecule has 2 fully saturated rings. The Hall–Kier alpha value is -0.610. The zero-order valence-corrected chi connectivity index (χ0v) is 12.5. The largest absolute Gasteiger partial charge is 0.352 e. The number of carbonyl (C=O) groups is 1. The van der Waals surface area contributed by atoms with Gasteiger partial charge in [0, 0.05) is 19.1 Å². The van der Waals surface area contributed by atoms with Gasteiger partial charge in [0.05, 0.1) is 6.54 Å². The highest BCUT2D eigenvalue weighted by Gasteiger charge is 2.33. The van der Waals surface area contributed by atoms with E-state index in [0.717, 1.165) is 39.0 Å². The quantitative estimate of drug-likeness (QED) is 0.812. The molecule has 4 nitrogen and oxygen atoms in total.